The molecule has 0 aromatic rings. The summed E-state index contributed by atoms with van der Waals surface area (Å²) in [5.41, 5.74) is -0.283. The quantitative estimate of drug-likeness (QED) is 0.476. The fraction of sp³-hybridized carbons (Fsp3) is 0.821. The van der Waals surface area contributed by atoms with Crippen LogP contribution >= 0.6 is 0 Å². The zero-order valence-corrected chi connectivity index (χ0v) is 20.8. The van der Waals surface area contributed by atoms with Gasteiger partial charge in [0.15, 0.2) is 11.9 Å². The summed E-state index contributed by atoms with van der Waals surface area (Å²) in [6.07, 6.45) is 9.34. The van der Waals surface area contributed by atoms with Gasteiger partial charge in [-0.15, -0.1) is 0 Å². The number of aliphatic hydroxyl groups excluding tert-OH is 1. The Balaban J connectivity index is 1.51. The Morgan fingerprint density at radius 2 is 1.78 bits per heavy atom. The summed E-state index contributed by atoms with van der Waals surface area (Å²) in [7, 11) is 0. The molecule has 1 aliphatic heterocycles. The van der Waals surface area contributed by atoms with Crippen LogP contribution in [0, 0.1) is 34.5 Å². The van der Waals surface area contributed by atoms with Gasteiger partial charge in [0.1, 0.15) is 5.60 Å². The number of aliphatic hydroxyl groups is 2. The summed E-state index contributed by atoms with van der Waals surface area (Å²) in [5, 5.41) is 22.6. The Bertz CT molecular complexity index is 888. The van der Waals surface area contributed by atoms with Gasteiger partial charge in [-0.05, 0) is 62.2 Å². The molecule has 2 N–H and O–H groups in total. The van der Waals surface area contributed by atoms with Crippen molar-refractivity contribution in [3.63, 3.8) is 0 Å². The van der Waals surface area contributed by atoms with Crippen LogP contribution in [-0.2, 0) is 9.53 Å². The predicted octanol–water partition coefficient (Wildman–Crippen LogP) is 4.98. The molecule has 0 aromatic carbocycles. The molecule has 0 bridgehead atoms. The van der Waals surface area contributed by atoms with Gasteiger partial charge in [-0.1, -0.05) is 59.3 Å². The van der Waals surface area contributed by atoms with E-state index in [1.54, 1.807) is 0 Å². The van der Waals surface area contributed by atoms with Crippen molar-refractivity contribution < 1.29 is 19.7 Å². The van der Waals surface area contributed by atoms with Crippen LogP contribution < -0.4 is 0 Å². The zero-order valence-electron chi connectivity index (χ0n) is 20.8. The summed E-state index contributed by atoms with van der Waals surface area (Å²) < 4.78 is 6.16. The van der Waals surface area contributed by atoms with Crippen molar-refractivity contribution in [2.75, 3.05) is 0 Å². The highest BCUT2D eigenvalue weighted by molar-refractivity contribution is 6.06. The largest absolute Gasteiger partial charge is 0.393 e. The number of ether oxygens (including phenoxy) is 1. The lowest BCUT2D eigenvalue weighted by molar-refractivity contribution is -0.125. The van der Waals surface area contributed by atoms with Crippen LogP contribution in [0.3, 0.4) is 0 Å². The van der Waals surface area contributed by atoms with E-state index in [2.05, 4.69) is 53.7 Å². The second-order valence-electron chi connectivity index (χ2n) is 12.6. The van der Waals surface area contributed by atoms with E-state index >= 15 is 0 Å². The van der Waals surface area contributed by atoms with E-state index in [4.69, 9.17) is 4.74 Å². The number of allylic oxidation sites excluding steroid dienone is 2. The van der Waals surface area contributed by atoms with Crippen LogP contribution in [0.15, 0.2) is 23.3 Å². The van der Waals surface area contributed by atoms with Crippen molar-refractivity contribution in [3.05, 3.63) is 23.3 Å². The Morgan fingerprint density at radius 1 is 1.06 bits per heavy atom. The summed E-state index contributed by atoms with van der Waals surface area (Å²) in [6.45, 7) is 13.5. The van der Waals surface area contributed by atoms with E-state index in [0.717, 1.165) is 37.7 Å². The van der Waals surface area contributed by atoms with Crippen LogP contribution in [0.5, 0.6) is 0 Å². The topological polar surface area (TPSA) is 70.1 Å². The molecule has 1 heterocycles. The molecule has 1 spiro atoms. The molecule has 4 aliphatic carbocycles. The summed E-state index contributed by atoms with van der Waals surface area (Å²) in [6, 6.07) is 0. The van der Waals surface area contributed by atoms with Crippen molar-refractivity contribution in [2.24, 2.45) is 34.5 Å². The third-order valence-corrected chi connectivity index (χ3v) is 10.9. The van der Waals surface area contributed by atoms with Gasteiger partial charge in [0, 0.05) is 22.8 Å². The molecule has 4 nitrogen and oxygen atoms in total. The van der Waals surface area contributed by atoms with Gasteiger partial charge in [0.25, 0.3) is 0 Å². The third-order valence-electron chi connectivity index (χ3n) is 10.9. The van der Waals surface area contributed by atoms with Gasteiger partial charge in [0.2, 0.25) is 0 Å². The number of epoxide rings is 1. The first-order chi connectivity index (χ1) is 14.9. The first-order valence-corrected chi connectivity index (χ1v) is 13.0. The van der Waals surface area contributed by atoms with Crippen molar-refractivity contribution in [2.45, 2.75) is 110 Å². The molecule has 5 aliphatic rings. The SMILES string of the molecule is CC(C)[C@@H](C)/C=C/[C@@H](C)[C@H]1CC[C@]2(O)C3=C(CC[C@]12C)[C@@]1(C)CC[C@H](O)C[C@@]12O[C@H]2C3=O. The lowest BCUT2D eigenvalue weighted by atomic mass is 9.49. The lowest BCUT2D eigenvalue weighted by Crippen LogP contribution is -2.59. The summed E-state index contributed by atoms with van der Waals surface area (Å²) in [5.74, 6) is 1.89. The minimum Gasteiger partial charge on any atom is -0.393 e. The second kappa shape index (κ2) is 7.02. The monoisotopic (exact) mass is 442 g/mol. The zero-order chi connectivity index (χ0) is 23.3. The first-order valence-electron chi connectivity index (χ1n) is 13.0. The average Bonchev–Trinajstić information content (AvgIpc) is 3.38. The minimum absolute atomic E-state index is 0.0114. The van der Waals surface area contributed by atoms with E-state index in [1.165, 1.54) is 0 Å². The van der Waals surface area contributed by atoms with E-state index in [0.29, 0.717) is 42.1 Å². The lowest BCUT2D eigenvalue weighted by Gasteiger charge is -2.55. The van der Waals surface area contributed by atoms with Crippen LogP contribution in [0.2, 0.25) is 0 Å². The molecule has 0 radical (unpaired) electrons. The van der Waals surface area contributed by atoms with E-state index in [-0.39, 0.29) is 16.6 Å². The fourth-order valence-corrected chi connectivity index (χ4v) is 8.19. The van der Waals surface area contributed by atoms with Crippen LogP contribution in [0.4, 0.5) is 0 Å². The van der Waals surface area contributed by atoms with Crippen molar-refractivity contribution in [3.8, 4) is 0 Å². The Hall–Kier alpha value is -0.970. The van der Waals surface area contributed by atoms with Gasteiger partial charge < -0.3 is 14.9 Å². The molecule has 0 amide bonds. The van der Waals surface area contributed by atoms with Crippen molar-refractivity contribution in [1.82, 2.24) is 0 Å². The van der Waals surface area contributed by atoms with Crippen molar-refractivity contribution >= 4 is 5.78 Å². The predicted molar refractivity (Wildman–Crippen MR) is 125 cm³/mol. The number of carbonyl (C=O) groups is 1. The van der Waals surface area contributed by atoms with Gasteiger partial charge in [-0.25, -0.2) is 0 Å². The molecule has 0 aromatic heterocycles. The average molecular weight is 443 g/mol. The smallest absolute Gasteiger partial charge is 0.193 e. The van der Waals surface area contributed by atoms with Gasteiger partial charge >= 0.3 is 0 Å². The molecule has 32 heavy (non-hydrogen) atoms. The maximum atomic E-state index is 13.7. The molecule has 9 atom stereocenters. The normalized spacial score (nSPS) is 49.5. The standard InChI is InChI=1S/C28H42O4/c1-16(2)17(3)7-8-18(4)20-11-14-27(31)22-21(10-13-25(20,27)5)26(6)12-9-19(29)15-28(26)24(32-28)23(22)30/h7-8,16-20,24,29,31H,9-15H2,1-6H3/b8-7+/t17-,18+,19-,20+,24-,25+,26+,27-,28-/m0/s1. The second-order valence-corrected chi connectivity index (χ2v) is 12.6. The van der Waals surface area contributed by atoms with Gasteiger partial charge in [-0.2, -0.15) is 0 Å². The minimum atomic E-state index is -1.06. The van der Waals surface area contributed by atoms with Crippen molar-refractivity contribution in [1.29, 1.82) is 0 Å². The third kappa shape index (κ3) is 2.69. The van der Waals surface area contributed by atoms with E-state index in [1.807, 2.05) is 0 Å². The number of hydrogen-bond donors (Lipinski definition) is 2. The first kappa shape index (κ1) is 22.8. The fourth-order valence-electron chi connectivity index (χ4n) is 8.19. The van der Waals surface area contributed by atoms with Crippen LogP contribution in [-0.4, -0.2) is 39.4 Å². The molecule has 4 heteroatoms. The molecule has 2 saturated carbocycles. The number of rotatable bonds is 4. The number of ketones is 1. The molecular formula is C28H42O4. The van der Waals surface area contributed by atoms with Gasteiger partial charge in [-0.3, -0.25) is 4.79 Å². The maximum Gasteiger partial charge on any atom is 0.193 e. The highest BCUT2D eigenvalue weighted by atomic mass is 16.6. The maximum absolute atomic E-state index is 13.7. The summed E-state index contributed by atoms with van der Waals surface area (Å²) >= 11 is 0. The molecule has 0 unspecified atom stereocenters. The van der Waals surface area contributed by atoms with E-state index < -0.39 is 23.4 Å². The number of fused-ring (bicyclic) bond motifs is 3. The molecule has 178 valence electrons. The molecule has 5 rings (SSSR count). The van der Waals surface area contributed by atoms with Crippen LogP contribution in [0.1, 0.15) is 86.5 Å². The highest BCUT2D eigenvalue weighted by Gasteiger charge is 2.78. The Morgan fingerprint density at radius 3 is 2.47 bits per heavy atom. The molecular weight excluding hydrogens is 400 g/mol. The molecule has 1 saturated heterocycles. The van der Waals surface area contributed by atoms with E-state index in [9.17, 15) is 15.0 Å². The number of carbonyl (C=O) groups excluding carboxylic acids is 1. The Labute approximate surface area is 193 Å². The Kier molecular flexibility index (Phi) is 5.00. The molecule has 3 fully saturated rings. The number of hydrogen-bond acceptors (Lipinski definition) is 4. The summed E-state index contributed by atoms with van der Waals surface area (Å²) in [4.78, 5) is 13.7. The number of Topliss-reactive ketones (excluding diaryl/α,β-unsaturated/α-hetero) is 1. The van der Waals surface area contributed by atoms with Gasteiger partial charge in [0.05, 0.1) is 11.7 Å². The highest BCUT2D eigenvalue weighted by Crippen LogP contribution is 2.72. The van der Waals surface area contributed by atoms with Crippen LogP contribution in [0.25, 0.3) is 0 Å².